The second-order valence-electron chi connectivity index (χ2n) is 5.04. The molecule has 0 amide bonds. The van der Waals surface area contributed by atoms with Crippen molar-refractivity contribution in [2.45, 2.75) is 52.1 Å². The molecule has 19 heavy (non-hydrogen) atoms. The fraction of sp³-hybridized carbons (Fsp3) is 0.625. The van der Waals surface area contributed by atoms with Crippen molar-refractivity contribution in [3.63, 3.8) is 0 Å². The summed E-state index contributed by atoms with van der Waals surface area (Å²) >= 11 is 0. The fourth-order valence-electron chi connectivity index (χ4n) is 2.53. The molecule has 0 fully saturated rings. The maximum absolute atomic E-state index is 14.0. The molecule has 1 rings (SSSR count). The minimum Gasteiger partial charge on any atom is -0.494 e. The predicted octanol–water partition coefficient (Wildman–Crippen LogP) is 3.95. The molecule has 3 heteroatoms. The van der Waals surface area contributed by atoms with Crippen molar-refractivity contribution < 1.29 is 14.2 Å². The van der Waals surface area contributed by atoms with Crippen LogP contribution in [-0.4, -0.2) is 18.3 Å². The van der Waals surface area contributed by atoms with E-state index in [0.29, 0.717) is 12.0 Å². The number of hydrogen-bond donors (Lipinski definition) is 1. The molecule has 0 heterocycles. The fourth-order valence-corrected chi connectivity index (χ4v) is 2.53. The van der Waals surface area contributed by atoms with Crippen molar-refractivity contribution in [2.75, 3.05) is 7.11 Å². The average molecular weight is 268 g/mol. The molecule has 1 N–H and O–H groups in total. The second-order valence-corrected chi connectivity index (χ2v) is 5.04. The summed E-state index contributed by atoms with van der Waals surface area (Å²) in [7, 11) is 1.45. The first-order valence-corrected chi connectivity index (χ1v) is 7.13. The molecule has 0 aliphatic rings. The lowest BCUT2D eigenvalue weighted by molar-refractivity contribution is 0.0954. The van der Waals surface area contributed by atoms with Crippen LogP contribution in [0.2, 0.25) is 0 Å². The zero-order valence-electron chi connectivity index (χ0n) is 12.2. The smallest absolute Gasteiger partial charge is 0.168 e. The van der Waals surface area contributed by atoms with Gasteiger partial charge < -0.3 is 9.84 Å². The van der Waals surface area contributed by atoms with Crippen LogP contribution in [0.1, 0.15) is 45.1 Å². The molecule has 1 atom stereocenters. The molecule has 0 aliphatic carbocycles. The van der Waals surface area contributed by atoms with E-state index in [0.717, 1.165) is 25.7 Å². The summed E-state index contributed by atoms with van der Waals surface area (Å²) in [4.78, 5) is 0. The minimum absolute atomic E-state index is 0.243. The van der Waals surface area contributed by atoms with Gasteiger partial charge >= 0.3 is 0 Å². The summed E-state index contributed by atoms with van der Waals surface area (Å²) < 4.78 is 19.0. The number of hydrogen-bond acceptors (Lipinski definition) is 2. The van der Waals surface area contributed by atoms with Crippen LogP contribution in [0.3, 0.4) is 0 Å². The standard InChI is InChI=1S/C16H25FO2/c1-4-7-12(8-5-2)14(18)11-13-9-6-10-15(19-3)16(13)17/h6,9-10,12,14,18H,4-5,7-8,11H2,1-3H3. The maximum atomic E-state index is 14.0. The van der Waals surface area contributed by atoms with Crippen molar-refractivity contribution >= 4 is 0 Å². The second kappa shape index (κ2) is 8.16. The molecular formula is C16H25FO2. The lowest BCUT2D eigenvalue weighted by atomic mass is 9.88. The van der Waals surface area contributed by atoms with Gasteiger partial charge in [-0.2, -0.15) is 0 Å². The van der Waals surface area contributed by atoms with E-state index in [2.05, 4.69) is 13.8 Å². The van der Waals surface area contributed by atoms with E-state index in [9.17, 15) is 9.50 Å². The molecule has 0 spiro atoms. The highest BCUT2D eigenvalue weighted by atomic mass is 19.1. The molecule has 0 bridgehead atoms. The first kappa shape index (κ1) is 16.0. The van der Waals surface area contributed by atoms with Crippen molar-refractivity contribution in [1.29, 1.82) is 0 Å². The average Bonchev–Trinajstić information content (AvgIpc) is 2.41. The zero-order chi connectivity index (χ0) is 14.3. The number of aliphatic hydroxyl groups is 1. The maximum Gasteiger partial charge on any atom is 0.168 e. The highest BCUT2D eigenvalue weighted by Crippen LogP contribution is 2.25. The van der Waals surface area contributed by atoms with Crippen LogP contribution in [0.5, 0.6) is 5.75 Å². The van der Waals surface area contributed by atoms with Crippen molar-refractivity contribution in [3.05, 3.63) is 29.6 Å². The van der Waals surface area contributed by atoms with Crippen LogP contribution < -0.4 is 4.74 Å². The number of ether oxygens (including phenoxy) is 1. The van der Waals surface area contributed by atoms with Crippen molar-refractivity contribution in [1.82, 2.24) is 0 Å². The first-order valence-electron chi connectivity index (χ1n) is 7.13. The van der Waals surface area contributed by atoms with E-state index in [1.165, 1.54) is 7.11 Å². The Balaban J connectivity index is 2.77. The summed E-state index contributed by atoms with van der Waals surface area (Å²) in [6.45, 7) is 4.23. The summed E-state index contributed by atoms with van der Waals surface area (Å²) in [6, 6.07) is 5.08. The topological polar surface area (TPSA) is 29.5 Å². The van der Waals surface area contributed by atoms with Gasteiger partial charge in [-0.05, 0) is 30.4 Å². The van der Waals surface area contributed by atoms with E-state index in [4.69, 9.17) is 4.74 Å². The largest absolute Gasteiger partial charge is 0.494 e. The van der Waals surface area contributed by atoms with Crippen LogP contribution in [-0.2, 0) is 6.42 Å². The third kappa shape index (κ3) is 4.50. The van der Waals surface area contributed by atoms with Crippen molar-refractivity contribution in [2.24, 2.45) is 5.92 Å². The highest BCUT2D eigenvalue weighted by Gasteiger charge is 2.20. The first-order chi connectivity index (χ1) is 9.13. The number of halogens is 1. The Morgan fingerprint density at radius 3 is 2.37 bits per heavy atom. The third-order valence-electron chi connectivity index (χ3n) is 3.56. The van der Waals surface area contributed by atoms with Crippen LogP contribution in [0.4, 0.5) is 4.39 Å². The van der Waals surface area contributed by atoms with Crippen LogP contribution in [0.25, 0.3) is 0 Å². The Hall–Kier alpha value is -1.09. The van der Waals surface area contributed by atoms with E-state index >= 15 is 0 Å². The molecule has 0 aromatic heterocycles. The summed E-state index contributed by atoms with van der Waals surface area (Å²) in [5.74, 6) is 0.142. The van der Waals surface area contributed by atoms with Crippen LogP contribution >= 0.6 is 0 Å². The molecule has 1 aromatic carbocycles. The van der Waals surface area contributed by atoms with E-state index < -0.39 is 6.10 Å². The molecular weight excluding hydrogens is 243 g/mol. The number of aliphatic hydroxyl groups excluding tert-OH is 1. The molecule has 2 nitrogen and oxygen atoms in total. The van der Waals surface area contributed by atoms with Gasteiger partial charge in [-0.25, -0.2) is 4.39 Å². The predicted molar refractivity (Wildman–Crippen MR) is 76.0 cm³/mol. The molecule has 1 unspecified atom stereocenters. The number of benzene rings is 1. The molecule has 0 saturated carbocycles. The normalized spacial score (nSPS) is 12.7. The van der Waals surface area contributed by atoms with Gasteiger partial charge in [-0.1, -0.05) is 38.8 Å². The van der Waals surface area contributed by atoms with Gasteiger partial charge in [0, 0.05) is 6.42 Å². The van der Waals surface area contributed by atoms with Gasteiger partial charge in [0.05, 0.1) is 13.2 Å². The van der Waals surface area contributed by atoms with Gasteiger partial charge in [-0.15, -0.1) is 0 Å². The monoisotopic (exact) mass is 268 g/mol. The lowest BCUT2D eigenvalue weighted by Gasteiger charge is -2.22. The summed E-state index contributed by atoms with van der Waals surface area (Å²) in [5.41, 5.74) is 0.532. The van der Waals surface area contributed by atoms with Crippen LogP contribution in [0.15, 0.2) is 18.2 Å². The van der Waals surface area contributed by atoms with E-state index in [1.807, 2.05) is 0 Å². The van der Waals surface area contributed by atoms with Crippen molar-refractivity contribution in [3.8, 4) is 5.75 Å². The molecule has 0 radical (unpaired) electrons. The van der Waals surface area contributed by atoms with Crippen LogP contribution in [0, 0.1) is 11.7 Å². The Morgan fingerprint density at radius 1 is 1.21 bits per heavy atom. The Morgan fingerprint density at radius 2 is 1.84 bits per heavy atom. The summed E-state index contributed by atoms with van der Waals surface area (Å²) in [6.07, 6.45) is 3.93. The Bertz CT molecular complexity index is 373. The van der Waals surface area contributed by atoms with Gasteiger partial charge in [0.15, 0.2) is 11.6 Å². The molecule has 0 saturated heterocycles. The van der Waals surface area contributed by atoms with Gasteiger partial charge in [0.1, 0.15) is 0 Å². The number of methoxy groups -OCH3 is 1. The Labute approximate surface area is 115 Å². The van der Waals surface area contributed by atoms with Gasteiger partial charge in [0.2, 0.25) is 0 Å². The quantitative estimate of drug-likeness (QED) is 0.773. The van der Waals surface area contributed by atoms with Gasteiger partial charge in [-0.3, -0.25) is 0 Å². The summed E-state index contributed by atoms with van der Waals surface area (Å²) in [5, 5.41) is 10.3. The highest BCUT2D eigenvalue weighted by molar-refractivity contribution is 5.31. The zero-order valence-corrected chi connectivity index (χ0v) is 12.2. The Kier molecular flexibility index (Phi) is 6.85. The SMILES string of the molecule is CCCC(CCC)C(O)Cc1cccc(OC)c1F. The molecule has 1 aromatic rings. The third-order valence-corrected chi connectivity index (χ3v) is 3.56. The lowest BCUT2D eigenvalue weighted by Crippen LogP contribution is -2.23. The van der Waals surface area contributed by atoms with Gasteiger partial charge in [0.25, 0.3) is 0 Å². The molecule has 0 aliphatic heterocycles. The minimum atomic E-state index is -0.485. The molecule has 108 valence electrons. The van der Waals surface area contributed by atoms with E-state index in [-0.39, 0.29) is 17.5 Å². The number of rotatable bonds is 8. The van der Waals surface area contributed by atoms with E-state index in [1.54, 1.807) is 18.2 Å².